The fraction of sp³-hybridized carbons (Fsp3) is 0.200. The summed E-state index contributed by atoms with van der Waals surface area (Å²) in [6.07, 6.45) is -1.92. The van der Waals surface area contributed by atoms with E-state index in [-0.39, 0.29) is 17.9 Å². The normalized spacial score (nSPS) is 11.9. The molecule has 0 saturated carbocycles. The van der Waals surface area contributed by atoms with Gasteiger partial charge in [0.15, 0.2) is 11.5 Å². The molecule has 0 amide bonds. The van der Waals surface area contributed by atoms with E-state index >= 15 is 0 Å². The van der Waals surface area contributed by atoms with Crippen molar-refractivity contribution in [3.05, 3.63) is 54.0 Å². The van der Waals surface area contributed by atoms with E-state index < -0.39 is 11.9 Å². The Labute approximate surface area is 130 Å². The summed E-state index contributed by atoms with van der Waals surface area (Å²) in [5.41, 5.74) is 5.92. The van der Waals surface area contributed by atoms with Gasteiger partial charge in [0.2, 0.25) is 0 Å². The Balaban J connectivity index is 2.23. The quantitative estimate of drug-likeness (QED) is 0.807. The van der Waals surface area contributed by atoms with Gasteiger partial charge in [-0.1, -0.05) is 18.2 Å². The Bertz CT molecular complexity index is 832. The Morgan fingerprint density at radius 1 is 1.17 bits per heavy atom. The van der Waals surface area contributed by atoms with E-state index in [4.69, 9.17) is 5.73 Å². The first-order chi connectivity index (χ1) is 10.9. The molecule has 2 heterocycles. The fourth-order valence-electron chi connectivity index (χ4n) is 2.45. The molecule has 120 valence electrons. The van der Waals surface area contributed by atoms with Crippen LogP contribution in [-0.2, 0) is 19.8 Å². The van der Waals surface area contributed by atoms with Gasteiger partial charge in [0.1, 0.15) is 0 Å². The van der Waals surface area contributed by atoms with Gasteiger partial charge in [0.25, 0.3) is 0 Å². The lowest BCUT2D eigenvalue weighted by atomic mass is 10.0. The second-order valence-electron chi connectivity index (χ2n) is 5.03. The van der Waals surface area contributed by atoms with E-state index in [0.717, 1.165) is 10.2 Å². The van der Waals surface area contributed by atoms with Crippen LogP contribution in [0.5, 0.6) is 0 Å². The minimum absolute atomic E-state index is 0.00833. The molecule has 0 fully saturated rings. The molecule has 0 spiro atoms. The molecule has 0 aliphatic carbocycles. The van der Waals surface area contributed by atoms with E-state index in [1.54, 1.807) is 31.3 Å². The molecule has 0 radical (unpaired) electrons. The second-order valence-corrected chi connectivity index (χ2v) is 5.03. The molecule has 3 aromatic rings. The molecule has 2 aromatic heterocycles. The zero-order chi connectivity index (χ0) is 16.6. The smallest absolute Gasteiger partial charge is 0.326 e. The number of rotatable bonds is 3. The van der Waals surface area contributed by atoms with Crippen molar-refractivity contribution in [2.75, 3.05) is 0 Å². The van der Waals surface area contributed by atoms with E-state index in [1.807, 2.05) is 0 Å². The molecular formula is C15H14F3N5. The molecule has 0 unspecified atom stereocenters. The van der Waals surface area contributed by atoms with Gasteiger partial charge in [-0.3, -0.25) is 4.68 Å². The molecule has 23 heavy (non-hydrogen) atoms. The average Bonchev–Trinajstić information content (AvgIpc) is 3.12. The molecule has 5 nitrogen and oxygen atoms in total. The zero-order valence-corrected chi connectivity index (χ0v) is 12.2. The highest BCUT2D eigenvalue weighted by Gasteiger charge is 2.39. The third kappa shape index (κ3) is 2.72. The minimum atomic E-state index is -4.56. The molecule has 0 aliphatic heterocycles. The van der Waals surface area contributed by atoms with Crippen molar-refractivity contribution in [1.82, 2.24) is 19.6 Å². The van der Waals surface area contributed by atoms with Crippen LogP contribution in [0.3, 0.4) is 0 Å². The van der Waals surface area contributed by atoms with Crippen molar-refractivity contribution in [2.45, 2.75) is 12.7 Å². The third-order valence-electron chi connectivity index (χ3n) is 3.52. The molecule has 0 aliphatic rings. The summed E-state index contributed by atoms with van der Waals surface area (Å²) in [5.74, 6) is 0.235. The van der Waals surface area contributed by atoms with Crippen molar-refractivity contribution in [3.8, 4) is 16.9 Å². The molecule has 0 bridgehead atoms. The van der Waals surface area contributed by atoms with Gasteiger partial charge in [-0.05, 0) is 17.2 Å². The van der Waals surface area contributed by atoms with Gasteiger partial charge in [-0.25, -0.2) is 4.68 Å². The summed E-state index contributed by atoms with van der Waals surface area (Å²) < 4.78 is 43.1. The molecular weight excluding hydrogens is 307 g/mol. The number of aromatic nitrogens is 4. The monoisotopic (exact) mass is 321 g/mol. The number of nitrogens with zero attached hydrogens (tertiary/aromatic N) is 4. The number of halogens is 3. The number of benzene rings is 1. The van der Waals surface area contributed by atoms with Gasteiger partial charge in [0, 0.05) is 25.2 Å². The molecule has 2 N–H and O–H groups in total. The largest absolute Gasteiger partial charge is 0.434 e. The fourth-order valence-corrected chi connectivity index (χ4v) is 2.45. The summed E-state index contributed by atoms with van der Waals surface area (Å²) in [6, 6.07) is 8.17. The molecule has 0 atom stereocenters. The zero-order valence-electron chi connectivity index (χ0n) is 12.2. The van der Waals surface area contributed by atoms with Crippen LogP contribution in [0.25, 0.3) is 16.9 Å². The lowest BCUT2D eigenvalue weighted by Crippen LogP contribution is -2.16. The van der Waals surface area contributed by atoms with Gasteiger partial charge in [-0.15, -0.1) is 0 Å². The first kappa shape index (κ1) is 15.3. The molecule has 3 rings (SSSR count). The maximum absolute atomic E-state index is 13.6. The number of nitrogens with two attached hydrogens (primary N) is 1. The van der Waals surface area contributed by atoms with E-state index in [9.17, 15) is 13.2 Å². The van der Waals surface area contributed by atoms with Gasteiger partial charge >= 0.3 is 6.18 Å². The second kappa shape index (κ2) is 5.54. The van der Waals surface area contributed by atoms with Crippen LogP contribution in [-0.4, -0.2) is 19.6 Å². The Kier molecular flexibility index (Phi) is 3.69. The third-order valence-corrected chi connectivity index (χ3v) is 3.52. The number of hydrogen-bond donors (Lipinski definition) is 1. The minimum Gasteiger partial charge on any atom is -0.326 e. The molecule has 1 aromatic carbocycles. The summed E-state index contributed by atoms with van der Waals surface area (Å²) >= 11 is 0. The van der Waals surface area contributed by atoms with Crippen molar-refractivity contribution in [2.24, 2.45) is 12.8 Å². The molecule has 0 saturated heterocycles. The lowest BCUT2D eigenvalue weighted by molar-refractivity contribution is -0.142. The van der Waals surface area contributed by atoms with Gasteiger partial charge in [0.05, 0.1) is 12.4 Å². The lowest BCUT2D eigenvalue weighted by Gasteiger charge is -2.13. The summed E-state index contributed by atoms with van der Waals surface area (Å²) in [6.45, 7) is 0.255. The Morgan fingerprint density at radius 2 is 1.96 bits per heavy atom. The standard InChI is InChI=1S/C15H14F3N5/c1-22-13(5-6-20-22)23-14(15(16,17)18)12(9-21-23)11-4-2-3-10(7-11)8-19/h2-7,9H,8,19H2,1H3. The van der Waals surface area contributed by atoms with Crippen molar-refractivity contribution >= 4 is 0 Å². The maximum atomic E-state index is 13.6. The highest BCUT2D eigenvalue weighted by molar-refractivity contribution is 5.67. The Morgan fingerprint density at radius 3 is 2.57 bits per heavy atom. The van der Waals surface area contributed by atoms with Crippen LogP contribution in [0.4, 0.5) is 13.2 Å². The maximum Gasteiger partial charge on any atom is 0.434 e. The molecule has 8 heteroatoms. The van der Waals surface area contributed by atoms with Gasteiger partial charge in [-0.2, -0.15) is 23.4 Å². The first-order valence-corrected chi connectivity index (χ1v) is 6.85. The van der Waals surface area contributed by atoms with Crippen LogP contribution in [0.2, 0.25) is 0 Å². The summed E-state index contributed by atoms with van der Waals surface area (Å²) in [4.78, 5) is 0. The van der Waals surface area contributed by atoms with Crippen molar-refractivity contribution in [1.29, 1.82) is 0 Å². The average molecular weight is 321 g/mol. The Hall–Kier alpha value is -2.61. The first-order valence-electron chi connectivity index (χ1n) is 6.85. The van der Waals surface area contributed by atoms with E-state index in [2.05, 4.69) is 10.2 Å². The van der Waals surface area contributed by atoms with Crippen LogP contribution in [0.15, 0.2) is 42.7 Å². The number of hydrogen-bond acceptors (Lipinski definition) is 3. The summed E-state index contributed by atoms with van der Waals surface area (Å²) in [7, 11) is 1.56. The van der Waals surface area contributed by atoms with Crippen molar-refractivity contribution < 1.29 is 13.2 Å². The predicted molar refractivity (Wildman–Crippen MR) is 78.7 cm³/mol. The van der Waals surface area contributed by atoms with Crippen LogP contribution >= 0.6 is 0 Å². The summed E-state index contributed by atoms with van der Waals surface area (Å²) in [5, 5.41) is 7.82. The topological polar surface area (TPSA) is 61.7 Å². The van der Waals surface area contributed by atoms with Gasteiger partial charge < -0.3 is 5.73 Å². The van der Waals surface area contributed by atoms with Crippen LogP contribution in [0.1, 0.15) is 11.3 Å². The van der Waals surface area contributed by atoms with E-state index in [1.165, 1.54) is 23.1 Å². The van der Waals surface area contributed by atoms with Crippen LogP contribution in [0, 0.1) is 0 Å². The van der Waals surface area contributed by atoms with Crippen LogP contribution < -0.4 is 5.73 Å². The highest BCUT2D eigenvalue weighted by Crippen LogP contribution is 2.38. The van der Waals surface area contributed by atoms with Crippen molar-refractivity contribution in [3.63, 3.8) is 0 Å². The highest BCUT2D eigenvalue weighted by atomic mass is 19.4. The number of alkyl halides is 3. The SMILES string of the molecule is Cn1nccc1-n1ncc(-c2cccc(CN)c2)c1C(F)(F)F. The number of aryl methyl sites for hydroxylation is 1. The predicted octanol–water partition coefficient (Wildman–Crippen LogP) is 2.75. The van der Waals surface area contributed by atoms with E-state index in [0.29, 0.717) is 5.56 Å².